The van der Waals surface area contributed by atoms with Gasteiger partial charge < -0.3 is 63.6 Å². The fraction of sp³-hybridized carbons (Fsp3) is 0.283. The molecule has 3 aliphatic rings. The van der Waals surface area contributed by atoms with Gasteiger partial charge in [-0.3, -0.25) is 28.5 Å². The van der Waals surface area contributed by atoms with Crippen LogP contribution in [0.5, 0.6) is 17.2 Å². The first-order chi connectivity index (χ1) is 36.1. The lowest BCUT2D eigenvalue weighted by Crippen LogP contribution is -2.34. The summed E-state index contributed by atoms with van der Waals surface area (Å²) in [5, 5.41) is 33.7. The number of benzene rings is 4. The monoisotopic (exact) mass is 1170 g/mol. The standard InChI is InChI=1S/C46H44Cl2N3O23P3/c1-21(2)40(69-19-25-18-51(46(59)50-44(25)56)34-17-30(52)33(71-34)20-70-76(63,64)74-77(65,66)73-75(60,61)62)23-9-7-22(8-10-23)6-5-13-49-43(55)24-11-12-26(45(57)58)27(14-24)35-28-15-31(67-3)38(53)36(47)41(28)72-42-29(35)16-32(68-4)39(54)37(42)48/h7-12,14-16,18,21,30,33-34,40,52-53H,13,17,19-20H2,1-4H3,(H,49,55)(H,57,58)(H,63,64)(H,65,66)(H,50,56,59)(H2,60,61,62)/t30-,33+,34+,40?/m0/s1. The molecule has 3 aromatic carbocycles. The van der Waals surface area contributed by atoms with Crippen molar-refractivity contribution in [1.29, 1.82) is 0 Å². The highest BCUT2D eigenvalue weighted by Crippen LogP contribution is 2.66. The van der Waals surface area contributed by atoms with E-state index < -0.39 is 93.9 Å². The summed E-state index contributed by atoms with van der Waals surface area (Å²) in [6.07, 6.45) is -4.03. The summed E-state index contributed by atoms with van der Waals surface area (Å²) in [6, 6.07) is 13.3. The van der Waals surface area contributed by atoms with Crippen LogP contribution in [0, 0.1) is 17.8 Å². The molecule has 0 spiro atoms. The largest absolute Gasteiger partial charge is 0.503 e. The van der Waals surface area contributed by atoms with Crippen LogP contribution in [0.25, 0.3) is 33.4 Å². The van der Waals surface area contributed by atoms with E-state index >= 15 is 0 Å². The number of aromatic nitrogens is 2. The number of rotatable bonds is 19. The number of carbonyl (C=O) groups excluding carboxylic acids is 1. The number of amides is 1. The quantitative estimate of drug-likeness (QED) is 0.0262. The lowest BCUT2D eigenvalue weighted by Gasteiger charge is -2.22. The van der Waals surface area contributed by atoms with Crippen molar-refractivity contribution in [2.24, 2.45) is 5.92 Å². The zero-order valence-electron chi connectivity index (χ0n) is 40.2. The van der Waals surface area contributed by atoms with Crippen LogP contribution >= 0.6 is 46.7 Å². The topological polar surface area (TPSA) is 389 Å². The Morgan fingerprint density at radius 1 is 0.922 bits per heavy atom. The molecule has 31 heteroatoms. The number of carboxylic acids is 1. The van der Waals surface area contributed by atoms with Gasteiger partial charge in [0.25, 0.3) is 11.5 Å². The number of hydrogen-bond donors (Lipinski definition) is 9. The summed E-state index contributed by atoms with van der Waals surface area (Å²) < 4.78 is 75.8. The van der Waals surface area contributed by atoms with E-state index in [1.807, 2.05) is 13.8 Å². The summed E-state index contributed by atoms with van der Waals surface area (Å²) in [5.74, 6) is 2.57. The fourth-order valence-corrected chi connectivity index (χ4v) is 11.5. The number of nitrogens with one attached hydrogen (secondary N) is 2. The van der Waals surface area contributed by atoms with E-state index in [0.29, 0.717) is 11.1 Å². The van der Waals surface area contributed by atoms with E-state index in [-0.39, 0.29) is 92.1 Å². The van der Waals surface area contributed by atoms with Gasteiger partial charge in [0.2, 0.25) is 5.43 Å². The first-order valence-electron chi connectivity index (χ1n) is 22.2. The summed E-state index contributed by atoms with van der Waals surface area (Å²) in [6.45, 7) is 2.22. The molecule has 3 unspecified atom stereocenters. The lowest BCUT2D eigenvalue weighted by atomic mass is 9.89. The first-order valence-corrected chi connectivity index (χ1v) is 27.4. The van der Waals surface area contributed by atoms with Crippen molar-refractivity contribution in [1.82, 2.24) is 14.9 Å². The number of methoxy groups -OCH3 is 2. The minimum absolute atomic E-state index is 0.00189. The predicted octanol–water partition coefficient (Wildman–Crippen LogP) is 5.83. The van der Waals surface area contributed by atoms with Crippen molar-refractivity contribution in [3.8, 4) is 51.5 Å². The number of H-pyrrole nitrogens is 1. The molecule has 9 N–H and O–H groups in total. The van der Waals surface area contributed by atoms with Gasteiger partial charge in [-0.05, 0) is 59.5 Å². The third-order valence-electron chi connectivity index (χ3n) is 11.5. The van der Waals surface area contributed by atoms with Crippen molar-refractivity contribution in [2.45, 2.75) is 51.4 Å². The third kappa shape index (κ3) is 13.4. The van der Waals surface area contributed by atoms with Gasteiger partial charge in [0.05, 0.1) is 57.3 Å². The Balaban J connectivity index is 1.03. The number of aromatic hydroxyl groups is 1. The molecule has 1 fully saturated rings. The van der Waals surface area contributed by atoms with Crippen LogP contribution in [0.4, 0.5) is 0 Å². The lowest BCUT2D eigenvalue weighted by molar-refractivity contribution is -0.0454. The Labute approximate surface area is 443 Å². The van der Waals surface area contributed by atoms with E-state index in [0.717, 1.165) is 10.8 Å². The molecule has 77 heavy (non-hydrogen) atoms. The van der Waals surface area contributed by atoms with Crippen molar-refractivity contribution < 1.29 is 94.7 Å². The number of hydrogen-bond acceptors (Lipinski definition) is 18. The molecule has 0 radical (unpaired) electrons. The highest BCUT2D eigenvalue weighted by Gasteiger charge is 2.43. The SMILES string of the molecule is COc1cc2c(-c3cc(C(=O)NCC#Cc4ccc(C(OCc5cn([C@H]6C[C@H](O)[C@@H](COP(=O)(O)OP(=O)(O)OP(=O)(O)O)O6)c(=O)[nH]c5=O)C(C)C)cc4)ccc3C(=O)O)c3cc(OC)c(=O)c(Cl)c-3oc2c(Cl)c1O. The number of carbonyl (C=O) groups is 2. The maximum atomic E-state index is 13.6. The highest BCUT2D eigenvalue weighted by molar-refractivity contribution is 7.66. The van der Waals surface area contributed by atoms with Gasteiger partial charge in [-0.2, -0.15) is 8.62 Å². The number of aromatic amines is 1. The number of halogens is 2. The normalized spacial score (nSPS) is 17.6. The Morgan fingerprint density at radius 3 is 2.25 bits per heavy atom. The van der Waals surface area contributed by atoms with E-state index in [1.54, 1.807) is 24.3 Å². The third-order valence-corrected chi connectivity index (χ3v) is 16.0. The molecule has 26 nitrogen and oxygen atoms in total. The van der Waals surface area contributed by atoms with Gasteiger partial charge in [0.15, 0.2) is 28.6 Å². The molecule has 0 saturated carbocycles. The van der Waals surface area contributed by atoms with E-state index in [9.17, 15) is 62.8 Å². The molecule has 4 aromatic rings. The second-order valence-corrected chi connectivity index (χ2v) is 22.2. The number of nitrogens with zero attached hydrogens (tertiary/aromatic N) is 1. The Bertz CT molecular complexity index is 3660. The number of phosphoric acid groups is 3. The Hall–Kier alpha value is -6.20. The van der Waals surface area contributed by atoms with Crippen LogP contribution in [0.15, 0.2) is 79.6 Å². The smallest absolute Gasteiger partial charge is 0.490 e. The maximum Gasteiger partial charge on any atom is 0.490 e. The number of ether oxygens (including phenoxy) is 4. The molecule has 0 bridgehead atoms. The van der Waals surface area contributed by atoms with Gasteiger partial charge in [-0.25, -0.2) is 23.3 Å². The van der Waals surface area contributed by atoms with E-state index in [1.165, 1.54) is 44.6 Å². The van der Waals surface area contributed by atoms with Crippen molar-refractivity contribution in [3.63, 3.8) is 0 Å². The average molecular weight is 1170 g/mol. The second-order valence-electron chi connectivity index (χ2n) is 17.0. The summed E-state index contributed by atoms with van der Waals surface area (Å²) in [4.78, 5) is 104. The second kappa shape index (κ2) is 23.4. The molecule has 1 aliphatic carbocycles. The van der Waals surface area contributed by atoms with E-state index in [4.69, 9.17) is 56.4 Å². The van der Waals surface area contributed by atoms with Crippen LogP contribution in [0.2, 0.25) is 10.0 Å². The summed E-state index contributed by atoms with van der Waals surface area (Å²) >= 11 is 13.0. The van der Waals surface area contributed by atoms with Gasteiger partial charge in [0.1, 0.15) is 22.4 Å². The van der Waals surface area contributed by atoms with Crippen LogP contribution in [-0.4, -0.2) is 95.9 Å². The predicted molar refractivity (Wildman–Crippen MR) is 270 cm³/mol. The Kier molecular flexibility index (Phi) is 17.8. The number of aliphatic hydroxyl groups is 1. The molecule has 1 saturated heterocycles. The molecule has 7 rings (SSSR count). The van der Waals surface area contributed by atoms with Gasteiger partial charge in [-0.15, -0.1) is 0 Å². The van der Waals surface area contributed by atoms with Crippen molar-refractivity contribution in [3.05, 3.63) is 130 Å². The number of carboxylic acid groups (broad SMARTS) is 1. The van der Waals surface area contributed by atoms with Crippen LogP contribution in [-0.2, 0) is 42.9 Å². The van der Waals surface area contributed by atoms with Gasteiger partial charge in [0, 0.05) is 40.3 Å². The Morgan fingerprint density at radius 2 is 1.61 bits per heavy atom. The average Bonchev–Trinajstić information content (AvgIpc) is 3.73. The van der Waals surface area contributed by atoms with Crippen LogP contribution in [0.3, 0.4) is 0 Å². The molecule has 6 atom stereocenters. The molecule has 3 heterocycles. The molecular formula is C46H44Cl2N3O23P3. The van der Waals surface area contributed by atoms with Gasteiger partial charge >= 0.3 is 35.1 Å². The number of phenols is 1. The number of aliphatic hydroxyl groups excluding tert-OH is 1. The maximum absolute atomic E-state index is 13.6. The first kappa shape index (κ1) is 58.5. The van der Waals surface area contributed by atoms with Gasteiger partial charge in [-0.1, -0.05) is 61.0 Å². The molecular weight excluding hydrogens is 1130 g/mol. The zero-order chi connectivity index (χ0) is 56.5. The fourth-order valence-electron chi connectivity index (χ4n) is 8.02. The zero-order valence-corrected chi connectivity index (χ0v) is 44.4. The molecule has 1 aromatic heterocycles. The molecule has 2 aliphatic heterocycles. The molecule has 410 valence electrons. The number of phosphoric ester groups is 1. The summed E-state index contributed by atoms with van der Waals surface area (Å²) in [5.41, 5.74) is -1.63. The number of phenolic OH excluding ortho intramolecular Hbond substituents is 1. The number of aromatic carboxylic acids is 1. The number of fused-ring (bicyclic) bond motifs is 2. The minimum Gasteiger partial charge on any atom is -0.503 e. The molecule has 1 amide bonds. The van der Waals surface area contributed by atoms with E-state index in [2.05, 4.69) is 35.3 Å². The van der Waals surface area contributed by atoms with Crippen LogP contribution < -0.4 is 31.5 Å². The van der Waals surface area contributed by atoms with Crippen molar-refractivity contribution >= 4 is 69.5 Å². The summed E-state index contributed by atoms with van der Waals surface area (Å²) in [7, 11) is -14.5. The minimum atomic E-state index is -5.82. The highest BCUT2D eigenvalue weighted by atomic mass is 35.5. The van der Waals surface area contributed by atoms with Crippen LogP contribution in [0.1, 0.15) is 70.0 Å². The van der Waals surface area contributed by atoms with Crippen molar-refractivity contribution in [2.75, 3.05) is 27.4 Å².